The van der Waals surface area contributed by atoms with Gasteiger partial charge in [-0.25, -0.2) is 4.79 Å². The standard InChI is InChI=1S/C43H69NO7/c1-6-8-10-12-14-16-18-20-22-23-25-27-29-31-33-41(45)50-38-39(37-49-36-35-40(43(47)48)44(3,4)5)51-42(46)34-32-30-28-26-24-21-19-17-15-13-11-9-7-2/h8-11,13-17,19-22,24,39-40H,6-7,12,18,23,25-38H2,1-5H3/p+1/b10-8+,11-9+,15-13+,16-14+,19-17+,22-20+,24-21+. The molecule has 0 aliphatic rings. The number of rotatable bonds is 32. The molecule has 0 aromatic carbocycles. The molecule has 1 N–H and O–H groups in total. The van der Waals surface area contributed by atoms with Gasteiger partial charge in [-0.1, -0.05) is 118 Å². The molecule has 8 heteroatoms. The molecule has 288 valence electrons. The highest BCUT2D eigenvalue weighted by atomic mass is 16.6. The molecule has 0 fully saturated rings. The van der Waals surface area contributed by atoms with Gasteiger partial charge < -0.3 is 23.8 Å². The van der Waals surface area contributed by atoms with E-state index in [0.29, 0.717) is 19.3 Å². The number of allylic oxidation sites excluding steroid dienone is 14. The number of carbonyl (C=O) groups is 3. The van der Waals surface area contributed by atoms with E-state index in [0.717, 1.165) is 77.0 Å². The van der Waals surface area contributed by atoms with Crippen LogP contribution in [-0.2, 0) is 28.6 Å². The van der Waals surface area contributed by atoms with Crippen molar-refractivity contribution in [3.05, 3.63) is 85.1 Å². The molecule has 0 amide bonds. The number of quaternary nitrogens is 1. The average molecular weight is 713 g/mol. The first kappa shape index (κ1) is 47.5. The van der Waals surface area contributed by atoms with Gasteiger partial charge in [0.2, 0.25) is 0 Å². The van der Waals surface area contributed by atoms with E-state index in [-0.39, 0.29) is 42.7 Å². The van der Waals surface area contributed by atoms with Crippen molar-refractivity contribution in [3.63, 3.8) is 0 Å². The summed E-state index contributed by atoms with van der Waals surface area (Å²) in [6, 6.07) is -0.629. The Hall–Kier alpha value is -3.49. The lowest BCUT2D eigenvalue weighted by Gasteiger charge is -2.31. The summed E-state index contributed by atoms with van der Waals surface area (Å²) in [5.74, 6) is -1.57. The Balaban J connectivity index is 4.55. The van der Waals surface area contributed by atoms with E-state index in [1.807, 2.05) is 57.6 Å². The second-order valence-electron chi connectivity index (χ2n) is 13.5. The Morgan fingerprint density at radius 3 is 1.76 bits per heavy atom. The van der Waals surface area contributed by atoms with E-state index >= 15 is 0 Å². The number of nitrogens with zero attached hydrogens (tertiary/aromatic N) is 1. The number of carboxylic acid groups (broad SMARTS) is 1. The lowest BCUT2D eigenvalue weighted by molar-refractivity contribution is -0.887. The third kappa shape index (κ3) is 32.2. The number of hydrogen-bond acceptors (Lipinski definition) is 6. The van der Waals surface area contributed by atoms with E-state index in [9.17, 15) is 19.5 Å². The fourth-order valence-electron chi connectivity index (χ4n) is 4.94. The van der Waals surface area contributed by atoms with E-state index in [2.05, 4.69) is 62.5 Å². The van der Waals surface area contributed by atoms with Crippen LogP contribution >= 0.6 is 0 Å². The van der Waals surface area contributed by atoms with Crippen LogP contribution in [0.15, 0.2) is 85.1 Å². The Morgan fingerprint density at radius 2 is 1.14 bits per heavy atom. The van der Waals surface area contributed by atoms with Crippen LogP contribution in [0.4, 0.5) is 0 Å². The maximum absolute atomic E-state index is 12.6. The molecule has 0 saturated carbocycles. The van der Waals surface area contributed by atoms with Gasteiger partial charge in [-0.15, -0.1) is 0 Å². The van der Waals surface area contributed by atoms with E-state index < -0.39 is 18.1 Å². The highest BCUT2D eigenvalue weighted by molar-refractivity contribution is 5.72. The lowest BCUT2D eigenvalue weighted by Crippen LogP contribution is -2.50. The van der Waals surface area contributed by atoms with Crippen LogP contribution < -0.4 is 0 Å². The quantitative estimate of drug-likeness (QED) is 0.0244. The van der Waals surface area contributed by atoms with Crippen molar-refractivity contribution < 1.29 is 38.2 Å². The first-order valence-corrected chi connectivity index (χ1v) is 19.2. The van der Waals surface area contributed by atoms with Gasteiger partial charge in [-0.05, 0) is 64.2 Å². The molecule has 0 radical (unpaired) electrons. The van der Waals surface area contributed by atoms with Crippen molar-refractivity contribution in [1.82, 2.24) is 0 Å². The molecule has 0 saturated heterocycles. The van der Waals surface area contributed by atoms with Gasteiger partial charge in [0.15, 0.2) is 12.1 Å². The molecule has 2 atom stereocenters. The monoisotopic (exact) mass is 713 g/mol. The van der Waals surface area contributed by atoms with Crippen LogP contribution in [0.2, 0.25) is 0 Å². The van der Waals surface area contributed by atoms with E-state index in [4.69, 9.17) is 14.2 Å². The van der Waals surface area contributed by atoms with Gasteiger partial charge >= 0.3 is 17.9 Å². The fraction of sp³-hybridized carbons (Fsp3) is 0.605. The maximum Gasteiger partial charge on any atom is 0.362 e. The minimum Gasteiger partial charge on any atom is -0.477 e. The van der Waals surface area contributed by atoms with Crippen LogP contribution in [0.1, 0.15) is 117 Å². The first-order chi connectivity index (χ1) is 24.6. The number of aliphatic carboxylic acids is 1. The highest BCUT2D eigenvalue weighted by Crippen LogP contribution is 2.11. The van der Waals surface area contributed by atoms with Crippen LogP contribution in [0.25, 0.3) is 0 Å². The molecule has 51 heavy (non-hydrogen) atoms. The van der Waals surface area contributed by atoms with Crippen molar-refractivity contribution in [2.24, 2.45) is 0 Å². The first-order valence-electron chi connectivity index (χ1n) is 19.2. The van der Waals surface area contributed by atoms with Crippen LogP contribution in [-0.4, -0.2) is 80.6 Å². The van der Waals surface area contributed by atoms with Crippen molar-refractivity contribution in [3.8, 4) is 0 Å². The minimum absolute atomic E-state index is 0.0319. The summed E-state index contributed by atoms with van der Waals surface area (Å²) in [7, 11) is 5.48. The van der Waals surface area contributed by atoms with Crippen LogP contribution in [0, 0.1) is 0 Å². The number of ether oxygens (including phenoxy) is 3. The largest absolute Gasteiger partial charge is 0.477 e. The zero-order chi connectivity index (χ0) is 37.8. The molecule has 0 heterocycles. The van der Waals surface area contributed by atoms with Crippen LogP contribution in [0.3, 0.4) is 0 Å². The predicted octanol–water partition coefficient (Wildman–Crippen LogP) is 9.79. The van der Waals surface area contributed by atoms with Crippen molar-refractivity contribution in [2.45, 2.75) is 129 Å². The Kier molecular flexibility index (Phi) is 31.3. The molecule has 0 aliphatic heterocycles. The SMILES string of the molecule is CC/C=C/C=C/C=C/C=C/CCCCCC(=O)OC(COCCC(C(=O)O)[N+](C)(C)C)COC(=O)CCCCCC/C=C/C/C=C/C/C=C/CC. The van der Waals surface area contributed by atoms with Gasteiger partial charge in [-0.2, -0.15) is 0 Å². The van der Waals surface area contributed by atoms with Gasteiger partial charge in [0.25, 0.3) is 0 Å². The van der Waals surface area contributed by atoms with Gasteiger partial charge in [0.05, 0.1) is 34.4 Å². The zero-order valence-corrected chi connectivity index (χ0v) is 32.5. The molecule has 2 unspecified atom stereocenters. The summed E-state index contributed by atoms with van der Waals surface area (Å²) in [6.07, 6.45) is 42.0. The topological polar surface area (TPSA) is 99.1 Å². The molecule has 0 bridgehead atoms. The maximum atomic E-state index is 12.6. The highest BCUT2D eigenvalue weighted by Gasteiger charge is 2.31. The molecule has 0 aliphatic carbocycles. The summed E-state index contributed by atoms with van der Waals surface area (Å²) in [5.41, 5.74) is 0. The Bertz CT molecular complexity index is 1110. The number of carbonyl (C=O) groups excluding carboxylic acids is 2. The Labute approximate surface area is 310 Å². The predicted molar refractivity (Wildman–Crippen MR) is 210 cm³/mol. The van der Waals surface area contributed by atoms with Gasteiger partial charge in [0.1, 0.15) is 6.61 Å². The molecule has 0 aromatic heterocycles. The third-order valence-corrected chi connectivity index (χ3v) is 7.88. The molecule has 0 spiro atoms. The summed E-state index contributed by atoms with van der Waals surface area (Å²) in [5, 5.41) is 9.58. The minimum atomic E-state index is -0.891. The van der Waals surface area contributed by atoms with Crippen LogP contribution in [0.5, 0.6) is 0 Å². The fourth-order valence-corrected chi connectivity index (χ4v) is 4.94. The van der Waals surface area contributed by atoms with Crippen molar-refractivity contribution >= 4 is 17.9 Å². The molecular weight excluding hydrogens is 642 g/mol. The number of carboxylic acids is 1. The summed E-state index contributed by atoms with van der Waals surface area (Å²) in [4.78, 5) is 36.8. The van der Waals surface area contributed by atoms with Crippen molar-refractivity contribution in [2.75, 3.05) is 41.0 Å². The lowest BCUT2D eigenvalue weighted by atomic mass is 10.1. The normalized spacial score (nSPS) is 14.0. The second-order valence-corrected chi connectivity index (χ2v) is 13.5. The molecule has 0 aromatic rings. The smallest absolute Gasteiger partial charge is 0.362 e. The second kappa shape index (κ2) is 33.6. The van der Waals surface area contributed by atoms with E-state index in [1.54, 1.807) is 0 Å². The third-order valence-electron chi connectivity index (χ3n) is 7.88. The van der Waals surface area contributed by atoms with Gasteiger partial charge in [-0.3, -0.25) is 9.59 Å². The summed E-state index contributed by atoms with van der Waals surface area (Å²) >= 11 is 0. The van der Waals surface area contributed by atoms with Gasteiger partial charge in [0, 0.05) is 19.3 Å². The molecule has 0 rings (SSSR count). The summed E-state index contributed by atoms with van der Waals surface area (Å²) in [6.45, 7) is 4.37. The number of esters is 2. The number of hydrogen-bond donors (Lipinski definition) is 1. The van der Waals surface area contributed by atoms with E-state index in [1.165, 1.54) is 0 Å². The summed E-state index contributed by atoms with van der Waals surface area (Å²) < 4.78 is 17.1. The number of likely N-dealkylation sites (N-methyl/N-ethyl adjacent to an activating group) is 1. The Morgan fingerprint density at radius 1 is 0.608 bits per heavy atom. The van der Waals surface area contributed by atoms with Crippen molar-refractivity contribution in [1.29, 1.82) is 0 Å². The molecular formula is C43H70NO7+. The molecule has 8 nitrogen and oxygen atoms in total. The number of unbranched alkanes of at least 4 members (excludes halogenated alkanes) is 7. The average Bonchev–Trinajstić information content (AvgIpc) is 3.08. The zero-order valence-electron chi connectivity index (χ0n) is 32.5.